The Hall–Kier alpha value is -2.41. The highest BCUT2D eigenvalue weighted by Crippen LogP contribution is 2.22. The van der Waals surface area contributed by atoms with Crippen molar-refractivity contribution >= 4 is 17.5 Å². The van der Waals surface area contributed by atoms with Gasteiger partial charge in [-0.25, -0.2) is 4.98 Å². The number of anilines is 3. The number of hydrogen-bond acceptors (Lipinski definition) is 7. The summed E-state index contributed by atoms with van der Waals surface area (Å²) in [5.74, 6) is 1.71. The molecule has 27 heavy (non-hydrogen) atoms. The van der Waals surface area contributed by atoms with Crippen LogP contribution in [-0.4, -0.2) is 65.4 Å². The smallest absolute Gasteiger partial charge is 0.227 e. The Morgan fingerprint density at radius 2 is 1.70 bits per heavy atom. The van der Waals surface area contributed by atoms with Crippen LogP contribution in [0.2, 0.25) is 0 Å². The van der Waals surface area contributed by atoms with Gasteiger partial charge in [0.05, 0.1) is 6.10 Å². The summed E-state index contributed by atoms with van der Waals surface area (Å²) in [6.07, 6.45) is 6.42. The van der Waals surface area contributed by atoms with E-state index < -0.39 is 0 Å². The van der Waals surface area contributed by atoms with Crippen molar-refractivity contribution in [2.75, 3.05) is 54.0 Å². The molecular formula is C20H28N6O. The van der Waals surface area contributed by atoms with Crippen LogP contribution in [0.25, 0.3) is 0 Å². The third-order valence-electron chi connectivity index (χ3n) is 5.37. The molecule has 2 fully saturated rings. The number of aliphatic hydroxyl groups is 1. The number of β-amino-alcohol motifs (C(OH)–C–C–N with tert-alkyl or cyclic N) is 1. The van der Waals surface area contributed by atoms with Crippen molar-refractivity contribution in [2.45, 2.75) is 32.3 Å². The van der Waals surface area contributed by atoms with Gasteiger partial charge in [0.15, 0.2) is 0 Å². The van der Waals surface area contributed by atoms with E-state index in [4.69, 9.17) is 4.98 Å². The zero-order chi connectivity index (χ0) is 18.6. The standard InChI is InChI=1S/C20H28N6O/c1-16-14-17(5-7-21-16)24-10-3-11-25(13-12-24)20-22-8-6-19(23-20)26-9-2-4-18(27)15-26/h5-8,14,18,27H,2-4,9-13,15H2,1H3/t18-/m0/s1. The van der Waals surface area contributed by atoms with E-state index in [9.17, 15) is 5.11 Å². The van der Waals surface area contributed by atoms with Gasteiger partial charge in [0.25, 0.3) is 0 Å². The zero-order valence-corrected chi connectivity index (χ0v) is 16.0. The predicted octanol–water partition coefficient (Wildman–Crippen LogP) is 1.86. The molecule has 1 N–H and O–H groups in total. The largest absolute Gasteiger partial charge is 0.391 e. The van der Waals surface area contributed by atoms with Gasteiger partial charge >= 0.3 is 0 Å². The van der Waals surface area contributed by atoms with Crippen molar-refractivity contribution in [3.63, 3.8) is 0 Å². The molecule has 4 heterocycles. The predicted molar refractivity (Wildman–Crippen MR) is 108 cm³/mol. The summed E-state index contributed by atoms with van der Waals surface area (Å²) in [4.78, 5) is 20.5. The van der Waals surface area contributed by atoms with Crippen LogP contribution in [0.3, 0.4) is 0 Å². The average molecular weight is 368 g/mol. The number of rotatable bonds is 3. The Bertz CT molecular complexity index is 770. The maximum atomic E-state index is 9.95. The molecule has 0 aliphatic carbocycles. The number of nitrogens with zero attached hydrogens (tertiary/aromatic N) is 6. The molecule has 0 amide bonds. The average Bonchev–Trinajstić information content (AvgIpc) is 2.94. The molecule has 2 aliphatic heterocycles. The molecular weight excluding hydrogens is 340 g/mol. The number of piperidine rings is 1. The molecule has 0 spiro atoms. The van der Waals surface area contributed by atoms with E-state index in [1.54, 1.807) is 0 Å². The van der Waals surface area contributed by atoms with E-state index in [2.05, 4.69) is 36.8 Å². The molecule has 0 aromatic carbocycles. The van der Waals surface area contributed by atoms with Crippen LogP contribution >= 0.6 is 0 Å². The first kappa shape index (κ1) is 18.0. The van der Waals surface area contributed by atoms with Crippen molar-refractivity contribution in [2.24, 2.45) is 0 Å². The van der Waals surface area contributed by atoms with Gasteiger partial charge < -0.3 is 19.8 Å². The van der Waals surface area contributed by atoms with Crippen LogP contribution in [-0.2, 0) is 0 Å². The zero-order valence-electron chi connectivity index (χ0n) is 16.0. The van der Waals surface area contributed by atoms with E-state index in [-0.39, 0.29) is 6.10 Å². The summed E-state index contributed by atoms with van der Waals surface area (Å²) in [6.45, 7) is 7.45. The van der Waals surface area contributed by atoms with E-state index in [0.717, 1.165) is 69.4 Å². The topological polar surface area (TPSA) is 68.6 Å². The second kappa shape index (κ2) is 8.08. The normalized spacial score (nSPS) is 21.3. The van der Waals surface area contributed by atoms with Crippen molar-refractivity contribution in [1.29, 1.82) is 0 Å². The second-order valence-electron chi connectivity index (χ2n) is 7.44. The van der Waals surface area contributed by atoms with Crippen LogP contribution in [0.15, 0.2) is 30.6 Å². The summed E-state index contributed by atoms with van der Waals surface area (Å²) in [5, 5.41) is 9.95. The first-order chi connectivity index (χ1) is 13.2. The van der Waals surface area contributed by atoms with Crippen molar-refractivity contribution in [3.8, 4) is 0 Å². The van der Waals surface area contributed by atoms with Gasteiger partial charge in [-0.3, -0.25) is 4.98 Å². The fraction of sp³-hybridized carbons (Fsp3) is 0.550. The van der Waals surface area contributed by atoms with Crippen LogP contribution in [0, 0.1) is 6.92 Å². The minimum absolute atomic E-state index is 0.257. The highest BCUT2D eigenvalue weighted by molar-refractivity contribution is 5.48. The van der Waals surface area contributed by atoms with Crippen LogP contribution in [0.1, 0.15) is 25.0 Å². The lowest BCUT2D eigenvalue weighted by Gasteiger charge is -2.31. The molecule has 0 unspecified atom stereocenters. The van der Waals surface area contributed by atoms with Gasteiger partial charge in [0, 0.05) is 63.0 Å². The maximum absolute atomic E-state index is 9.95. The van der Waals surface area contributed by atoms with Gasteiger partial charge in [-0.05, 0) is 44.4 Å². The molecule has 144 valence electrons. The Kier molecular flexibility index (Phi) is 5.38. The fourth-order valence-corrected chi connectivity index (χ4v) is 3.93. The number of aromatic nitrogens is 3. The molecule has 2 aliphatic rings. The number of aryl methyl sites for hydroxylation is 1. The van der Waals surface area contributed by atoms with Crippen LogP contribution in [0.4, 0.5) is 17.5 Å². The molecule has 0 bridgehead atoms. The monoisotopic (exact) mass is 368 g/mol. The van der Waals surface area contributed by atoms with Crippen molar-refractivity contribution < 1.29 is 5.11 Å². The Morgan fingerprint density at radius 3 is 2.56 bits per heavy atom. The minimum atomic E-state index is -0.257. The third kappa shape index (κ3) is 4.30. The maximum Gasteiger partial charge on any atom is 0.227 e. The lowest BCUT2D eigenvalue weighted by atomic mass is 10.1. The molecule has 7 heteroatoms. The first-order valence-electron chi connectivity index (χ1n) is 9.88. The Morgan fingerprint density at radius 1 is 0.926 bits per heavy atom. The fourth-order valence-electron chi connectivity index (χ4n) is 3.93. The summed E-state index contributed by atoms with van der Waals surface area (Å²) in [6, 6.07) is 6.18. The molecule has 0 radical (unpaired) electrons. The molecule has 7 nitrogen and oxygen atoms in total. The van der Waals surface area contributed by atoms with Crippen LogP contribution in [0.5, 0.6) is 0 Å². The number of aliphatic hydroxyl groups excluding tert-OH is 1. The molecule has 1 atom stereocenters. The highest BCUT2D eigenvalue weighted by Gasteiger charge is 2.21. The van der Waals surface area contributed by atoms with E-state index in [1.165, 1.54) is 5.69 Å². The van der Waals surface area contributed by atoms with Crippen molar-refractivity contribution in [3.05, 3.63) is 36.3 Å². The second-order valence-corrected chi connectivity index (χ2v) is 7.44. The molecule has 0 saturated carbocycles. The number of hydrogen-bond donors (Lipinski definition) is 1. The van der Waals surface area contributed by atoms with Gasteiger partial charge in [0.2, 0.25) is 5.95 Å². The SMILES string of the molecule is Cc1cc(N2CCCN(c3nccc(N4CCC[C@H](O)C4)n3)CC2)ccn1. The minimum Gasteiger partial charge on any atom is -0.391 e. The summed E-state index contributed by atoms with van der Waals surface area (Å²) >= 11 is 0. The Balaban J connectivity index is 1.45. The van der Waals surface area contributed by atoms with Gasteiger partial charge in [-0.1, -0.05) is 0 Å². The van der Waals surface area contributed by atoms with E-state index in [1.807, 2.05) is 25.4 Å². The van der Waals surface area contributed by atoms with E-state index >= 15 is 0 Å². The summed E-state index contributed by atoms with van der Waals surface area (Å²) < 4.78 is 0. The van der Waals surface area contributed by atoms with Gasteiger partial charge in [-0.15, -0.1) is 0 Å². The third-order valence-corrected chi connectivity index (χ3v) is 5.37. The molecule has 2 aromatic rings. The van der Waals surface area contributed by atoms with Gasteiger partial charge in [0.1, 0.15) is 5.82 Å². The van der Waals surface area contributed by atoms with Gasteiger partial charge in [-0.2, -0.15) is 4.98 Å². The number of pyridine rings is 1. The van der Waals surface area contributed by atoms with Crippen molar-refractivity contribution in [1.82, 2.24) is 15.0 Å². The molecule has 2 aromatic heterocycles. The Labute approximate surface area is 160 Å². The highest BCUT2D eigenvalue weighted by atomic mass is 16.3. The molecule has 4 rings (SSSR count). The molecule has 2 saturated heterocycles. The van der Waals surface area contributed by atoms with Crippen LogP contribution < -0.4 is 14.7 Å². The lowest BCUT2D eigenvalue weighted by Crippen LogP contribution is -2.39. The summed E-state index contributed by atoms with van der Waals surface area (Å²) in [7, 11) is 0. The first-order valence-corrected chi connectivity index (χ1v) is 9.88. The summed E-state index contributed by atoms with van der Waals surface area (Å²) in [5.41, 5.74) is 2.29. The lowest BCUT2D eigenvalue weighted by molar-refractivity contribution is 0.154. The van der Waals surface area contributed by atoms with E-state index in [0.29, 0.717) is 6.54 Å². The quantitative estimate of drug-likeness (QED) is 0.887.